The summed E-state index contributed by atoms with van der Waals surface area (Å²) in [5.41, 5.74) is 1.91. The first-order valence-corrected chi connectivity index (χ1v) is 8.94. The molecule has 6 nitrogen and oxygen atoms in total. The molecular weight excluding hydrogens is 314 g/mol. The quantitative estimate of drug-likeness (QED) is 0.735. The van der Waals surface area contributed by atoms with Gasteiger partial charge in [-0.25, -0.2) is 0 Å². The van der Waals surface area contributed by atoms with Crippen LogP contribution in [-0.2, 0) is 10.5 Å². The second-order valence-electron chi connectivity index (χ2n) is 5.60. The van der Waals surface area contributed by atoms with Crippen LogP contribution in [0.5, 0.6) is 5.95 Å². The molecule has 1 aromatic heterocycles. The Balaban J connectivity index is 1.62. The van der Waals surface area contributed by atoms with Crippen LogP contribution in [0.3, 0.4) is 0 Å². The summed E-state index contributed by atoms with van der Waals surface area (Å²) in [6.07, 6.45) is 0. The minimum Gasteiger partial charge on any atom is -0.539 e. The second kappa shape index (κ2) is 7.70. The van der Waals surface area contributed by atoms with Crippen molar-refractivity contribution in [1.29, 1.82) is 0 Å². The summed E-state index contributed by atoms with van der Waals surface area (Å²) in [6.45, 7) is 4.76. The van der Waals surface area contributed by atoms with Gasteiger partial charge in [0.05, 0.1) is 32.2 Å². The zero-order chi connectivity index (χ0) is 16.1. The van der Waals surface area contributed by atoms with Crippen molar-refractivity contribution in [1.82, 2.24) is 5.27 Å². The van der Waals surface area contributed by atoms with Crippen molar-refractivity contribution in [3.63, 3.8) is 0 Å². The highest BCUT2D eigenvalue weighted by Gasteiger charge is 2.30. The van der Waals surface area contributed by atoms with Gasteiger partial charge in [0.1, 0.15) is 5.27 Å². The molecule has 0 N–H and O–H groups in total. The average Bonchev–Trinajstić information content (AvgIpc) is 2.98. The second-order valence-corrected chi connectivity index (χ2v) is 6.63. The van der Waals surface area contributed by atoms with E-state index in [0.717, 1.165) is 11.5 Å². The van der Waals surface area contributed by atoms with Gasteiger partial charge in [-0.05, 0) is 5.56 Å². The van der Waals surface area contributed by atoms with Crippen LogP contribution in [0.2, 0.25) is 0 Å². The lowest BCUT2D eigenvalue weighted by atomic mass is 10.1. The van der Waals surface area contributed by atoms with Gasteiger partial charge in [0, 0.05) is 16.3 Å². The van der Waals surface area contributed by atoms with Gasteiger partial charge in [0.2, 0.25) is 0 Å². The average molecular weight is 335 g/mol. The molecule has 0 saturated carbocycles. The van der Waals surface area contributed by atoms with Crippen LogP contribution in [0.25, 0.3) is 0 Å². The summed E-state index contributed by atoms with van der Waals surface area (Å²) in [5, 5.41) is 18.0. The number of nitrogens with zero attached hydrogens (tertiary/aromatic N) is 3. The van der Waals surface area contributed by atoms with Crippen molar-refractivity contribution in [2.45, 2.75) is 18.6 Å². The number of thioether (sulfide) groups is 1. The predicted octanol–water partition coefficient (Wildman–Crippen LogP) is 1.04. The van der Waals surface area contributed by atoms with Crippen LogP contribution < -0.4 is 14.9 Å². The lowest BCUT2D eigenvalue weighted by molar-refractivity contribution is -0.766. The van der Waals surface area contributed by atoms with Gasteiger partial charge in [-0.1, -0.05) is 37.3 Å². The summed E-state index contributed by atoms with van der Waals surface area (Å²) < 4.78 is 10.2. The topological polar surface area (TPSA) is 65.4 Å². The SMILES string of the molecule is CC(CSCc1ccccc1)c1c([O-])on[n+]1N1CCOCC1. The van der Waals surface area contributed by atoms with E-state index in [-0.39, 0.29) is 11.9 Å². The van der Waals surface area contributed by atoms with Crippen LogP contribution in [0.1, 0.15) is 24.1 Å². The predicted molar refractivity (Wildman–Crippen MR) is 85.9 cm³/mol. The Kier molecular flexibility index (Phi) is 5.40. The molecule has 1 fully saturated rings. The van der Waals surface area contributed by atoms with Gasteiger partial charge in [0.25, 0.3) is 5.69 Å². The molecule has 0 radical (unpaired) electrons. The molecule has 1 unspecified atom stereocenters. The molecule has 124 valence electrons. The summed E-state index contributed by atoms with van der Waals surface area (Å²) in [5.74, 6) is 1.51. The van der Waals surface area contributed by atoms with E-state index in [9.17, 15) is 5.11 Å². The molecule has 2 heterocycles. The van der Waals surface area contributed by atoms with E-state index in [4.69, 9.17) is 9.26 Å². The third-order valence-electron chi connectivity index (χ3n) is 3.83. The van der Waals surface area contributed by atoms with Crippen molar-refractivity contribution in [2.24, 2.45) is 0 Å². The van der Waals surface area contributed by atoms with Crippen molar-refractivity contribution < 1.29 is 19.2 Å². The highest BCUT2D eigenvalue weighted by molar-refractivity contribution is 7.98. The molecule has 1 atom stereocenters. The highest BCUT2D eigenvalue weighted by Crippen LogP contribution is 2.25. The van der Waals surface area contributed by atoms with Crippen LogP contribution in [0, 0.1) is 0 Å². The molecular formula is C16H21N3O3S. The van der Waals surface area contributed by atoms with E-state index in [1.807, 2.05) is 41.9 Å². The minimum atomic E-state index is -0.343. The molecule has 1 aromatic carbocycles. The number of hydrogen-bond donors (Lipinski definition) is 0. The number of rotatable bonds is 6. The zero-order valence-corrected chi connectivity index (χ0v) is 14.0. The number of morpholine rings is 1. The standard InChI is InChI=1S/C16H21N3O3S/c1-13(11-23-12-14-5-3-2-4-6-14)15-16(20)22-17-19(15)18-7-9-21-10-8-18/h2-6,13H,7-12H2,1H3. The van der Waals surface area contributed by atoms with E-state index >= 15 is 0 Å². The molecule has 2 aromatic rings. The Hall–Kier alpha value is -1.73. The van der Waals surface area contributed by atoms with Gasteiger partial charge in [-0.15, -0.1) is 0 Å². The number of ether oxygens (including phenoxy) is 1. The molecule has 7 heteroatoms. The normalized spacial score (nSPS) is 16.5. The first kappa shape index (κ1) is 16.1. The number of hydrogen-bond acceptors (Lipinski definition) is 6. The minimum absolute atomic E-state index is 0.0744. The lowest BCUT2D eigenvalue weighted by Crippen LogP contribution is -2.65. The fourth-order valence-corrected chi connectivity index (χ4v) is 3.66. The Morgan fingerprint density at radius 3 is 2.78 bits per heavy atom. The summed E-state index contributed by atoms with van der Waals surface area (Å²) in [4.78, 5) is 1.64. The molecule has 0 amide bonds. The molecule has 23 heavy (non-hydrogen) atoms. The van der Waals surface area contributed by atoms with E-state index < -0.39 is 0 Å². The van der Waals surface area contributed by atoms with Gasteiger partial charge in [-0.3, -0.25) is 0 Å². The molecule has 0 aliphatic carbocycles. The lowest BCUT2D eigenvalue weighted by Gasteiger charge is -2.21. The van der Waals surface area contributed by atoms with Gasteiger partial charge < -0.3 is 14.4 Å². The smallest absolute Gasteiger partial charge is 0.270 e. The Labute approximate surface area is 140 Å². The molecule has 0 bridgehead atoms. The molecule has 1 aliphatic rings. The maximum atomic E-state index is 12.0. The Bertz CT molecular complexity index is 614. The van der Waals surface area contributed by atoms with Crippen molar-refractivity contribution >= 4 is 11.8 Å². The highest BCUT2D eigenvalue weighted by atomic mass is 32.2. The third-order valence-corrected chi connectivity index (χ3v) is 5.10. The van der Waals surface area contributed by atoms with E-state index in [2.05, 4.69) is 17.4 Å². The van der Waals surface area contributed by atoms with E-state index in [1.165, 1.54) is 5.56 Å². The van der Waals surface area contributed by atoms with Crippen molar-refractivity contribution in [2.75, 3.05) is 37.1 Å². The van der Waals surface area contributed by atoms with Crippen molar-refractivity contribution in [3.8, 4) is 5.95 Å². The maximum absolute atomic E-state index is 12.0. The molecule has 1 aliphatic heterocycles. The van der Waals surface area contributed by atoms with Gasteiger partial charge >= 0.3 is 0 Å². The number of benzene rings is 1. The Morgan fingerprint density at radius 1 is 1.30 bits per heavy atom. The molecule has 0 spiro atoms. The van der Waals surface area contributed by atoms with E-state index in [0.29, 0.717) is 32.0 Å². The molecule has 1 saturated heterocycles. The maximum Gasteiger partial charge on any atom is 0.270 e. The third kappa shape index (κ3) is 3.97. The summed E-state index contributed by atoms with van der Waals surface area (Å²) >= 11 is 1.81. The summed E-state index contributed by atoms with van der Waals surface area (Å²) in [7, 11) is 0. The van der Waals surface area contributed by atoms with Gasteiger partial charge in [-0.2, -0.15) is 16.8 Å². The number of aromatic nitrogens is 2. The first-order chi connectivity index (χ1) is 11.3. The first-order valence-electron chi connectivity index (χ1n) is 7.79. The zero-order valence-electron chi connectivity index (χ0n) is 13.2. The van der Waals surface area contributed by atoms with Crippen LogP contribution in [-0.4, -0.2) is 37.3 Å². The molecule has 3 rings (SSSR count). The van der Waals surface area contributed by atoms with E-state index in [1.54, 1.807) is 4.79 Å². The van der Waals surface area contributed by atoms with Crippen LogP contribution >= 0.6 is 11.8 Å². The Morgan fingerprint density at radius 2 is 2.04 bits per heavy atom. The van der Waals surface area contributed by atoms with Gasteiger partial charge in [0.15, 0.2) is 5.95 Å². The van der Waals surface area contributed by atoms with Crippen molar-refractivity contribution in [3.05, 3.63) is 41.6 Å². The summed E-state index contributed by atoms with van der Waals surface area (Å²) in [6, 6.07) is 10.3. The fraction of sp³-hybridized carbons (Fsp3) is 0.500. The largest absolute Gasteiger partial charge is 0.539 e. The van der Waals surface area contributed by atoms with Crippen LogP contribution in [0.4, 0.5) is 0 Å². The fourth-order valence-electron chi connectivity index (χ4n) is 2.60. The monoisotopic (exact) mass is 335 g/mol. The van der Waals surface area contributed by atoms with Crippen LogP contribution in [0.15, 0.2) is 34.9 Å².